The molecule has 2 atom stereocenters. The van der Waals surface area contributed by atoms with Crippen molar-refractivity contribution in [2.24, 2.45) is 11.8 Å². The Morgan fingerprint density at radius 3 is 2.56 bits per heavy atom. The molecule has 0 spiro atoms. The largest absolute Gasteiger partial charge is 0.375 e. The third-order valence-electron chi connectivity index (χ3n) is 3.59. The molecule has 4 heteroatoms. The molecule has 1 heterocycles. The zero-order chi connectivity index (χ0) is 13.7. The summed E-state index contributed by atoms with van der Waals surface area (Å²) in [5.41, 5.74) is 0. The number of hydrogen-bond donors (Lipinski definition) is 1. The molecule has 2 unspecified atom stereocenters. The van der Waals surface area contributed by atoms with Crippen LogP contribution in [-0.2, 0) is 9.53 Å². The highest BCUT2D eigenvalue weighted by atomic mass is 16.5. The Labute approximate surface area is 111 Å². The highest BCUT2D eigenvalue weighted by molar-refractivity contribution is 5.78. The molecule has 1 amide bonds. The predicted molar refractivity (Wildman–Crippen MR) is 73.5 cm³/mol. The smallest absolute Gasteiger partial charge is 0.248 e. The van der Waals surface area contributed by atoms with E-state index in [0.717, 1.165) is 19.5 Å². The lowest BCUT2D eigenvalue weighted by Gasteiger charge is -2.42. The second-order valence-electron chi connectivity index (χ2n) is 6.02. The van der Waals surface area contributed by atoms with Gasteiger partial charge in [0.25, 0.3) is 0 Å². The first kappa shape index (κ1) is 15.4. The molecular formula is C14H28N2O2. The van der Waals surface area contributed by atoms with Gasteiger partial charge in [-0.3, -0.25) is 4.79 Å². The van der Waals surface area contributed by atoms with E-state index in [1.54, 1.807) is 7.11 Å². The molecule has 18 heavy (non-hydrogen) atoms. The van der Waals surface area contributed by atoms with Gasteiger partial charge in [-0.15, -0.1) is 0 Å². The van der Waals surface area contributed by atoms with Crippen molar-refractivity contribution in [2.75, 3.05) is 26.8 Å². The summed E-state index contributed by atoms with van der Waals surface area (Å²) in [6.45, 7) is 10.7. The first-order valence-electron chi connectivity index (χ1n) is 6.97. The molecule has 1 N–H and O–H groups in total. The van der Waals surface area contributed by atoms with Crippen LogP contribution in [0.5, 0.6) is 0 Å². The maximum absolute atomic E-state index is 12.1. The molecule has 0 radical (unpaired) electrons. The van der Waals surface area contributed by atoms with Crippen molar-refractivity contribution in [3.05, 3.63) is 0 Å². The van der Waals surface area contributed by atoms with E-state index in [-0.39, 0.29) is 12.5 Å². The van der Waals surface area contributed by atoms with Crippen molar-refractivity contribution in [2.45, 2.75) is 46.2 Å². The summed E-state index contributed by atoms with van der Waals surface area (Å²) in [6.07, 6.45) is 1.05. The van der Waals surface area contributed by atoms with Crippen LogP contribution in [0.1, 0.15) is 34.1 Å². The first-order valence-corrected chi connectivity index (χ1v) is 6.97. The summed E-state index contributed by atoms with van der Waals surface area (Å²) in [4.78, 5) is 14.1. The van der Waals surface area contributed by atoms with Gasteiger partial charge in [0.2, 0.25) is 5.91 Å². The number of methoxy groups -OCH3 is 1. The Morgan fingerprint density at radius 1 is 1.39 bits per heavy atom. The number of piperazine rings is 1. The highest BCUT2D eigenvalue weighted by Gasteiger charge is 2.32. The van der Waals surface area contributed by atoms with E-state index < -0.39 is 0 Å². The molecule has 4 nitrogen and oxygen atoms in total. The minimum Gasteiger partial charge on any atom is -0.375 e. The van der Waals surface area contributed by atoms with Gasteiger partial charge in [0.05, 0.1) is 0 Å². The first-order chi connectivity index (χ1) is 8.45. The van der Waals surface area contributed by atoms with Crippen LogP contribution in [0.2, 0.25) is 0 Å². The van der Waals surface area contributed by atoms with Gasteiger partial charge in [-0.2, -0.15) is 0 Å². The third-order valence-corrected chi connectivity index (χ3v) is 3.59. The highest BCUT2D eigenvalue weighted by Crippen LogP contribution is 2.18. The van der Waals surface area contributed by atoms with E-state index in [2.05, 4.69) is 33.0 Å². The van der Waals surface area contributed by atoms with E-state index in [0.29, 0.717) is 23.9 Å². The summed E-state index contributed by atoms with van der Waals surface area (Å²) < 4.78 is 4.99. The van der Waals surface area contributed by atoms with Crippen LogP contribution < -0.4 is 5.32 Å². The van der Waals surface area contributed by atoms with Crippen LogP contribution in [0.25, 0.3) is 0 Å². The fourth-order valence-electron chi connectivity index (χ4n) is 2.54. The van der Waals surface area contributed by atoms with E-state index in [1.807, 2.05) is 4.90 Å². The Balaban J connectivity index is 2.69. The molecule has 1 aliphatic rings. The summed E-state index contributed by atoms with van der Waals surface area (Å²) in [7, 11) is 1.58. The van der Waals surface area contributed by atoms with E-state index >= 15 is 0 Å². The van der Waals surface area contributed by atoms with Crippen LogP contribution in [0, 0.1) is 11.8 Å². The van der Waals surface area contributed by atoms with Crippen LogP contribution in [0.3, 0.4) is 0 Å². The lowest BCUT2D eigenvalue weighted by atomic mass is 9.95. The van der Waals surface area contributed by atoms with E-state index in [1.165, 1.54) is 0 Å². The molecule has 0 aliphatic carbocycles. The molecular weight excluding hydrogens is 228 g/mol. The number of carbonyl (C=O) groups is 1. The number of hydrogen-bond acceptors (Lipinski definition) is 3. The summed E-state index contributed by atoms with van der Waals surface area (Å²) in [5.74, 6) is 1.27. The van der Waals surface area contributed by atoms with Crippen LogP contribution >= 0.6 is 0 Å². The quantitative estimate of drug-likeness (QED) is 0.810. The minimum absolute atomic E-state index is 0.121. The zero-order valence-corrected chi connectivity index (χ0v) is 12.4. The minimum atomic E-state index is 0.121. The van der Waals surface area contributed by atoms with Crippen molar-refractivity contribution in [3.8, 4) is 0 Å². The number of ether oxygens (including phenoxy) is 1. The molecule has 0 aromatic carbocycles. The number of carbonyl (C=O) groups excluding carboxylic acids is 1. The molecule has 0 aromatic heterocycles. The Bertz CT molecular complexity index is 267. The maximum atomic E-state index is 12.1. The van der Waals surface area contributed by atoms with Gasteiger partial charge in [-0.25, -0.2) is 0 Å². The number of amides is 1. The van der Waals surface area contributed by atoms with Crippen LogP contribution in [0.4, 0.5) is 0 Å². The van der Waals surface area contributed by atoms with E-state index in [4.69, 9.17) is 4.74 Å². The van der Waals surface area contributed by atoms with Crippen molar-refractivity contribution >= 4 is 5.91 Å². The lowest BCUT2D eigenvalue weighted by Crippen LogP contribution is -2.60. The van der Waals surface area contributed by atoms with Gasteiger partial charge < -0.3 is 15.0 Å². The molecule has 1 aliphatic heterocycles. The van der Waals surface area contributed by atoms with Gasteiger partial charge in [0, 0.05) is 32.3 Å². The van der Waals surface area contributed by atoms with Crippen molar-refractivity contribution in [1.82, 2.24) is 10.2 Å². The van der Waals surface area contributed by atoms with Gasteiger partial charge in [0.15, 0.2) is 0 Å². The fourth-order valence-corrected chi connectivity index (χ4v) is 2.54. The second-order valence-corrected chi connectivity index (χ2v) is 6.02. The number of nitrogens with one attached hydrogen (secondary N) is 1. The standard InChI is InChI=1S/C14H28N2O2/c1-10(2)6-12-7-15-13(11(3)4)8-16(12)14(17)9-18-5/h10-13,15H,6-9H2,1-5H3. The van der Waals surface area contributed by atoms with Gasteiger partial charge in [0.1, 0.15) is 6.61 Å². The summed E-state index contributed by atoms with van der Waals surface area (Å²) >= 11 is 0. The predicted octanol–water partition coefficient (Wildman–Crippen LogP) is 1.50. The number of nitrogens with zero attached hydrogens (tertiary/aromatic N) is 1. The summed E-state index contributed by atoms with van der Waals surface area (Å²) in [5, 5.41) is 3.57. The molecule has 106 valence electrons. The average molecular weight is 256 g/mol. The Hall–Kier alpha value is -0.610. The molecule has 1 rings (SSSR count). The average Bonchev–Trinajstić information content (AvgIpc) is 2.28. The molecule has 1 fully saturated rings. The van der Waals surface area contributed by atoms with Crippen LogP contribution in [0.15, 0.2) is 0 Å². The van der Waals surface area contributed by atoms with Gasteiger partial charge >= 0.3 is 0 Å². The van der Waals surface area contributed by atoms with Gasteiger partial charge in [-0.05, 0) is 18.3 Å². The lowest BCUT2D eigenvalue weighted by molar-refractivity contribution is -0.139. The third kappa shape index (κ3) is 4.25. The van der Waals surface area contributed by atoms with E-state index in [9.17, 15) is 4.79 Å². The van der Waals surface area contributed by atoms with Crippen molar-refractivity contribution in [1.29, 1.82) is 0 Å². The molecule has 0 saturated carbocycles. The van der Waals surface area contributed by atoms with Crippen molar-refractivity contribution < 1.29 is 9.53 Å². The number of rotatable bonds is 5. The van der Waals surface area contributed by atoms with Crippen molar-refractivity contribution in [3.63, 3.8) is 0 Å². The normalized spacial score (nSPS) is 24.9. The second kappa shape index (κ2) is 7.10. The van der Waals surface area contributed by atoms with Crippen LogP contribution in [-0.4, -0.2) is 49.7 Å². The topological polar surface area (TPSA) is 41.6 Å². The van der Waals surface area contributed by atoms with Gasteiger partial charge in [-0.1, -0.05) is 27.7 Å². The zero-order valence-electron chi connectivity index (χ0n) is 12.4. The SMILES string of the molecule is COCC(=O)N1CC(C(C)C)NCC1CC(C)C. The fraction of sp³-hybridized carbons (Fsp3) is 0.929. The molecule has 1 saturated heterocycles. The summed E-state index contributed by atoms with van der Waals surface area (Å²) in [6, 6.07) is 0.705. The Morgan fingerprint density at radius 2 is 2.06 bits per heavy atom. The molecule has 0 bridgehead atoms. The molecule has 0 aromatic rings. The maximum Gasteiger partial charge on any atom is 0.248 e. The monoisotopic (exact) mass is 256 g/mol. The Kier molecular flexibility index (Phi) is 6.09.